The molecule has 5 rings (SSSR count). The van der Waals surface area contributed by atoms with Crippen LogP contribution in [0.5, 0.6) is 0 Å². The summed E-state index contributed by atoms with van der Waals surface area (Å²) >= 11 is 0. The zero-order valence-electron chi connectivity index (χ0n) is 17.2. The Labute approximate surface area is 180 Å². The second-order valence-corrected chi connectivity index (χ2v) is 7.75. The number of carbonyl (C=O) groups excluding carboxylic acids is 1. The second-order valence-electron chi connectivity index (χ2n) is 7.75. The largest absolute Gasteiger partial charge is 0.456 e. The van der Waals surface area contributed by atoms with Crippen LogP contribution in [0.4, 0.5) is 5.69 Å². The molecule has 1 saturated heterocycles. The third kappa shape index (κ3) is 4.35. The molecule has 31 heavy (non-hydrogen) atoms. The van der Waals surface area contributed by atoms with Crippen LogP contribution < -0.4 is 10.6 Å². The first-order valence-corrected chi connectivity index (χ1v) is 10.5. The molecule has 156 valence electrons. The predicted molar refractivity (Wildman–Crippen MR) is 122 cm³/mol. The van der Waals surface area contributed by atoms with Crippen LogP contribution in [0.1, 0.15) is 15.9 Å². The molecule has 1 aliphatic rings. The summed E-state index contributed by atoms with van der Waals surface area (Å²) < 4.78 is 6.22. The van der Waals surface area contributed by atoms with Crippen molar-refractivity contribution in [2.24, 2.45) is 0 Å². The Bertz CT molecular complexity index is 1200. The summed E-state index contributed by atoms with van der Waals surface area (Å²) in [4.78, 5) is 19.1. The van der Waals surface area contributed by atoms with Gasteiger partial charge in [0.2, 0.25) is 0 Å². The van der Waals surface area contributed by atoms with Crippen molar-refractivity contribution < 1.29 is 9.21 Å². The molecule has 0 aliphatic carbocycles. The number of hydrogen-bond acceptors (Lipinski definition) is 5. The number of fused-ring (bicyclic) bond motifs is 1. The molecule has 1 amide bonds. The third-order valence-electron chi connectivity index (χ3n) is 5.56. The fourth-order valence-corrected chi connectivity index (χ4v) is 3.93. The van der Waals surface area contributed by atoms with E-state index in [4.69, 9.17) is 4.42 Å². The first-order valence-electron chi connectivity index (χ1n) is 10.5. The SMILES string of the molecule is O=C(Nc1ccccc1-c1cc2ccc(CN3CCNCC3)cc2o1)c1cccnc1. The number of rotatable bonds is 5. The smallest absolute Gasteiger partial charge is 0.257 e. The van der Waals surface area contributed by atoms with Crippen molar-refractivity contribution in [1.29, 1.82) is 0 Å². The number of amides is 1. The highest BCUT2D eigenvalue weighted by molar-refractivity contribution is 6.06. The van der Waals surface area contributed by atoms with Gasteiger partial charge in [-0.15, -0.1) is 0 Å². The molecule has 2 N–H and O–H groups in total. The van der Waals surface area contributed by atoms with E-state index in [-0.39, 0.29) is 5.91 Å². The van der Waals surface area contributed by atoms with Crippen LogP contribution in [0.3, 0.4) is 0 Å². The highest BCUT2D eigenvalue weighted by atomic mass is 16.3. The number of nitrogens with zero attached hydrogens (tertiary/aromatic N) is 2. The average molecular weight is 412 g/mol. The minimum atomic E-state index is -0.199. The number of nitrogens with one attached hydrogen (secondary N) is 2. The van der Waals surface area contributed by atoms with Crippen molar-refractivity contribution in [3.63, 3.8) is 0 Å². The Hall–Kier alpha value is -3.48. The maximum atomic E-state index is 12.6. The third-order valence-corrected chi connectivity index (χ3v) is 5.56. The molecule has 2 aromatic carbocycles. The lowest BCUT2D eigenvalue weighted by molar-refractivity contribution is 0.102. The predicted octanol–water partition coefficient (Wildman–Crippen LogP) is 4.15. The Morgan fingerprint density at radius 1 is 1.06 bits per heavy atom. The minimum Gasteiger partial charge on any atom is -0.456 e. The quantitative estimate of drug-likeness (QED) is 0.515. The summed E-state index contributed by atoms with van der Waals surface area (Å²) in [7, 11) is 0. The molecule has 2 aromatic heterocycles. The lowest BCUT2D eigenvalue weighted by Crippen LogP contribution is -2.42. The van der Waals surface area contributed by atoms with Gasteiger partial charge < -0.3 is 15.1 Å². The van der Waals surface area contributed by atoms with E-state index in [1.54, 1.807) is 24.5 Å². The molecule has 4 aromatic rings. The van der Waals surface area contributed by atoms with E-state index >= 15 is 0 Å². The van der Waals surface area contributed by atoms with Crippen LogP contribution in [-0.4, -0.2) is 42.0 Å². The van der Waals surface area contributed by atoms with E-state index < -0.39 is 0 Å². The van der Waals surface area contributed by atoms with Crippen LogP contribution in [0.2, 0.25) is 0 Å². The van der Waals surface area contributed by atoms with Crippen LogP contribution >= 0.6 is 0 Å². The van der Waals surface area contributed by atoms with Gasteiger partial charge in [0.05, 0.1) is 11.3 Å². The first-order chi connectivity index (χ1) is 15.3. The summed E-state index contributed by atoms with van der Waals surface area (Å²) in [6, 6.07) is 19.6. The fourth-order valence-electron chi connectivity index (χ4n) is 3.93. The summed E-state index contributed by atoms with van der Waals surface area (Å²) in [6.07, 6.45) is 3.20. The maximum Gasteiger partial charge on any atom is 0.257 e. The molecule has 0 atom stereocenters. The number of para-hydroxylation sites is 1. The molecular formula is C25H24N4O2. The zero-order valence-corrected chi connectivity index (χ0v) is 17.2. The topological polar surface area (TPSA) is 70.4 Å². The zero-order chi connectivity index (χ0) is 21.0. The van der Waals surface area contributed by atoms with E-state index in [2.05, 4.69) is 38.7 Å². The van der Waals surface area contributed by atoms with Gasteiger partial charge in [0, 0.05) is 56.1 Å². The van der Waals surface area contributed by atoms with Gasteiger partial charge in [0.1, 0.15) is 11.3 Å². The highest BCUT2D eigenvalue weighted by Gasteiger charge is 2.15. The van der Waals surface area contributed by atoms with Crippen molar-refractivity contribution >= 4 is 22.6 Å². The molecule has 6 nitrogen and oxygen atoms in total. The number of hydrogen-bond donors (Lipinski definition) is 2. The number of anilines is 1. The van der Waals surface area contributed by atoms with Crippen molar-refractivity contribution in [2.75, 3.05) is 31.5 Å². The standard InChI is InChI=1S/C25H24N4O2/c30-25(20-4-3-9-27-16-20)28-22-6-2-1-5-21(22)24-15-19-8-7-18(14-23(19)31-24)17-29-12-10-26-11-13-29/h1-9,14-16,26H,10-13,17H2,(H,28,30). The first kappa shape index (κ1) is 19.5. The van der Waals surface area contributed by atoms with Crippen LogP contribution in [0.25, 0.3) is 22.3 Å². The molecular weight excluding hydrogens is 388 g/mol. The van der Waals surface area contributed by atoms with E-state index in [0.29, 0.717) is 11.3 Å². The van der Waals surface area contributed by atoms with Gasteiger partial charge in [-0.2, -0.15) is 0 Å². The van der Waals surface area contributed by atoms with Crippen LogP contribution in [-0.2, 0) is 6.54 Å². The molecule has 0 spiro atoms. The van der Waals surface area contributed by atoms with Gasteiger partial charge in [-0.3, -0.25) is 14.7 Å². The molecule has 0 radical (unpaired) electrons. The Morgan fingerprint density at radius 2 is 1.94 bits per heavy atom. The van der Waals surface area contributed by atoms with Gasteiger partial charge in [-0.05, 0) is 42.0 Å². The number of aromatic nitrogens is 1. The summed E-state index contributed by atoms with van der Waals surface area (Å²) in [5, 5.41) is 7.42. The number of benzene rings is 2. The molecule has 1 aliphatic heterocycles. The van der Waals surface area contributed by atoms with Crippen molar-refractivity contribution in [3.05, 3.63) is 84.2 Å². The lowest BCUT2D eigenvalue weighted by atomic mass is 10.1. The van der Waals surface area contributed by atoms with Gasteiger partial charge >= 0.3 is 0 Å². The summed E-state index contributed by atoms with van der Waals surface area (Å²) in [5.74, 6) is 0.534. The van der Waals surface area contributed by atoms with Crippen molar-refractivity contribution in [3.8, 4) is 11.3 Å². The number of furan rings is 1. The maximum absolute atomic E-state index is 12.6. The number of carbonyl (C=O) groups is 1. The van der Waals surface area contributed by atoms with E-state index in [1.165, 1.54) is 5.56 Å². The minimum absolute atomic E-state index is 0.199. The molecule has 6 heteroatoms. The highest BCUT2D eigenvalue weighted by Crippen LogP contribution is 2.33. The van der Waals surface area contributed by atoms with E-state index in [0.717, 1.165) is 55.0 Å². The molecule has 0 saturated carbocycles. The van der Waals surface area contributed by atoms with Gasteiger partial charge in [0.25, 0.3) is 5.91 Å². The van der Waals surface area contributed by atoms with E-state index in [1.807, 2.05) is 30.3 Å². The lowest BCUT2D eigenvalue weighted by Gasteiger charge is -2.27. The molecule has 0 unspecified atom stereocenters. The normalized spacial score (nSPS) is 14.6. The van der Waals surface area contributed by atoms with E-state index in [9.17, 15) is 4.79 Å². The molecule has 3 heterocycles. The Morgan fingerprint density at radius 3 is 2.77 bits per heavy atom. The molecule has 0 bridgehead atoms. The monoisotopic (exact) mass is 412 g/mol. The van der Waals surface area contributed by atoms with Crippen molar-refractivity contribution in [2.45, 2.75) is 6.54 Å². The summed E-state index contributed by atoms with van der Waals surface area (Å²) in [5.41, 5.74) is 4.17. The Balaban J connectivity index is 1.41. The van der Waals surface area contributed by atoms with Gasteiger partial charge in [0.15, 0.2) is 0 Å². The second kappa shape index (κ2) is 8.71. The number of piperazine rings is 1. The van der Waals surface area contributed by atoms with Gasteiger partial charge in [-0.1, -0.05) is 24.3 Å². The summed E-state index contributed by atoms with van der Waals surface area (Å²) in [6.45, 7) is 5.12. The van der Waals surface area contributed by atoms with Crippen molar-refractivity contribution in [1.82, 2.24) is 15.2 Å². The number of pyridine rings is 1. The van der Waals surface area contributed by atoms with Crippen LogP contribution in [0.15, 0.2) is 77.5 Å². The van der Waals surface area contributed by atoms with Gasteiger partial charge in [-0.25, -0.2) is 0 Å². The van der Waals surface area contributed by atoms with Crippen LogP contribution in [0, 0.1) is 0 Å². The average Bonchev–Trinajstić information content (AvgIpc) is 3.24. The molecule has 1 fully saturated rings. The fraction of sp³-hybridized carbons (Fsp3) is 0.200. The Kier molecular flexibility index (Phi) is 5.48.